The summed E-state index contributed by atoms with van der Waals surface area (Å²) in [6.45, 7) is 0.488. The lowest BCUT2D eigenvalue weighted by atomic mass is 9.98. The first kappa shape index (κ1) is 18.3. The first-order valence-electron chi connectivity index (χ1n) is 7.15. The van der Waals surface area contributed by atoms with Gasteiger partial charge < -0.3 is 5.32 Å². The van der Waals surface area contributed by atoms with Crippen LogP contribution in [0.3, 0.4) is 0 Å². The van der Waals surface area contributed by atoms with Gasteiger partial charge in [-0.05, 0) is 31.0 Å². The molecule has 1 aromatic rings. The smallest absolute Gasteiger partial charge is 0.281 e. The van der Waals surface area contributed by atoms with Gasteiger partial charge in [-0.3, -0.25) is 4.79 Å². The lowest BCUT2D eigenvalue weighted by molar-refractivity contribution is -0.120. The fourth-order valence-electron chi connectivity index (χ4n) is 2.42. The number of halogens is 2. The van der Waals surface area contributed by atoms with Crippen molar-refractivity contribution in [3.63, 3.8) is 0 Å². The van der Waals surface area contributed by atoms with E-state index >= 15 is 0 Å². The predicted octanol–water partition coefficient (Wildman–Crippen LogP) is 2.05. The maximum absolute atomic E-state index is 13.8. The van der Waals surface area contributed by atoms with Gasteiger partial charge in [0, 0.05) is 31.7 Å². The third-order valence-corrected chi connectivity index (χ3v) is 6.13. The van der Waals surface area contributed by atoms with Gasteiger partial charge in [-0.2, -0.15) is 17.0 Å². The molecule has 1 aromatic carbocycles. The lowest BCUT2D eigenvalue weighted by Gasteiger charge is -2.32. The number of nitrogens with zero attached hydrogens (tertiary/aromatic N) is 2. The van der Waals surface area contributed by atoms with Crippen molar-refractivity contribution in [3.05, 3.63) is 28.5 Å². The lowest BCUT2D eigenvalue weighted by Crippen LogP contribution is -2.47. The molecule has 2 rings (SSSR count). The largest absolute Gasteiger partial charge is 0.323 e. The summed E-state index contributed by atoms with van der Waals surface area (Å²) in [5.74, 6) is -1.41. The molecule has 0 aromatic heterocycles. The van der Waals surface area contributed by atoms with Gasteiger partial charge in [0.15, 0.2) is 0 Å². The van der Waals surface area contributed by atoms with Crippen LogP contribution >= 0.6 is 15.9 Å². The number of hydrogen-bond donors (Lipinski definition) is 1. The van der Waals surface area contributed by atoms with Gasteiger partial charge in [-0.15, -0.1) is 0 Å². The topological polar surface area (TPSA) is 69.7 Å². The van der Waals surface area contributed by atoms with E-state index in [4.69, 9.17) is 0 Å². The summed E-state index contributed by atoms with van der Waals surface area (Å²) in [6.07, 6.45) is 1.16. The zero-order chi connectivity index (χ0) is 17.2. The SMILES string of the molecule is CN(C)S(=O)(=O)N1CCC[C@@H](C(=O)Nc2ccc(Br)cc2F)C1. The molecule has 0 saturated carbocycles. The molecular weight excluding hydrogens is 389 g/mol. The summed E-state index contributed by atoms with van der Waals surface area (Å²) in [5.41, 5.74) is 0.0887. The van der Waals surface area contributed by atoms with Crippen molar-refractivity contribution >= 4 is 37.7 Å². The summed E-state index contributed by atoms with van der Waals surface area (Å²) < 4.78 is 41.1. The molecule has 6 nitrogen and oxygen atoms in total. The second kappa shape index (κ2) is 7.25. The quantitative estimate of drug-likeness (QED) is 0.829. The van der Waals surface area contributed by atoms with Gasteiger partial charge in [-0.1, -0.05) is 15.9 Å². The van der Waals surface area contributed by atoms with Crippen LogP contribution in [0.4, 0.5) is 10.1 Å². The zero-order valence-corrected chi connectivity index (χ0v) is 15.3. The summed E-state index contributed by atoms with van der Waals surface area (Å²) in [7, 11) is -0.637. The molecule has 23 heavy (non-hydrogen) atoms. The molecular formula is C14H19BrFN3O3S. The number of benzene rings is 1. The van der Waals surface area contributed by atoms with Crippen LogP contribution in [0.2, 0.25) is 0 Å². The van der Waals surface area contributed by atoms with Gasteiger partial charge in [0.25, 0.3) is 10.2 Å². The zero-order valence-electron chi connectivity index (χ0n) is 12.9. The van der Waals surface area contributed by atoms with Crippen molar-refractivity contribution in [3.8, 4) is 0 Å². The van der Waals surface area contributed by atoms with E-state index in [1.807, 2.05) is 0 Å². The maximum atomic E-state index is 13.8. The van der Waals surface area contributed by atoms with Crippen molar-refractivity contribution < 1.29 is 17.6 Å². The number of piperidine rings is 1. The highest BCUT2D eigenvalue weighted by molar-refractivity contribution is 9.10. The number of carbonyl (C=O) groups is 1. The van der Waals surface area contributed by atoms with Crippen LogP contribution in [0.5, 0.6) is 0 Å². The van der Waals surface area contributed by atoms with Crippen LogP contribution < -0.4 is 5.32 Å². The van der Waals surface area contributed by atoms with E-state index in [1.54, 1.807) is 6.07 Å². The van der Waals surface area contributed by atoms with Crippen molar-refractivity contribution in [1.29, 1.82) is 0 Å². The second-order valence-corrected chi connectivity index (χ2v) is 8.66. The Labute approximate surface area is 144 Å². The number of anilines is 1. The van der Waals surface area contributed by atoms with E-state index in [0.29, 0.717) is 23.9 Å². The minimum Gasteiger partial charge on any atom is -0.323 e. The first-order valence-corrected chi connectivity index (χ1v) is 9.34. The molecule has 9 heteroatoms. The molecule has 0 radical (unpaired) electrons. The molecule has 1 N–H and O–H groups in total. The fraction of sp³-hybridized carbons (Fsp3) is 0.500. The number of amides is 1. The number of nitrogens with one attached hydrogen (secondary N) is 1. The minimum atomic E-state index is -3.55. The van der Waals surface area contributed by atoms with Gasteiger partial charge in [0.05, 0.1) is 11.6 Å². The third-order valence-electron chi connectivity index (χ3n) is 3.73. The minimum absolute atomic E-state index is 0.0887. The molecule has 0 aliphatic carbocycles. The molecule has 1 saturated heterocycles. The molecule has 1 aliphatic heterocycles. The maximum Gasteiger partial charge on any atom is 0.281 e. The van der Waals surface area contributed by atoms with E-state index in [0.717, 1.165) is 4.31 Å². The molecule has 0 spiro atoms. The van der Waals surface area contributed by atoms with Crippen LogP contribution in [0.15, 0.2) is 22.7 Å². The van der Waals surface area contributed by atoms with E-state index in [1.165, 1.54) is 30.5 Å². The second-order valence-electron chi connectivity index (χ2n) is 5.60. The fourth-order valence-corrected chi connectivity index (χ4v) is 3.95. The standard InChI is InChI=1S/C14H19BrFN3O3S/c1-18(2)23(21,22)19-7-3-4-10(9-19)14(20)17-13-6-5-11(15)8-12(13)16/h5-6,8,10H,3-4,7,9H2,1-2H3,(H,17,20)/t10-/m1/s1. The van der Waals surface area contributed by atoms with Crippen LogP contribution in [-0.4, -0.2) is 50.1 Å². The van der Waals surface area contributed by atoms with Crippen LogP contribution in [0, 0.1) is 11.7 Å². The average molecular weight is 408 g/mol. The normalized spacial score (nSPS) is 19.8. The Morgan fingerprint density at radius 1 is 1.43 bits per heavy atom. The van der Waals surface area contributed by atoms with E-state index < -0.39 is 21.9 Å². The average Bonchev–Trinajstić information content (AvgIpc) is 2.50. The van der Waals surface area contributed by atoms with Crippen LogP contribution in [0.1, 0.15) is 12.8 Å². The number of hydrogen-bond acceptors (Lipinski definition) is 3. The van der Waals surface area contributed by atoms with Gasteiger partial charge >= 0.3 is 0 Å². The molecule has 1 atom stereocenters. The molecule has 1 aliphatic rings. The molecule has 1 heterocycles. The Morgan fingerprint density at radius 2 is 2.13 bits per heavy atom. The van der Waals surface area contributed by atoms with Gasteiger partial charge in [-0.25, -0.2) is 4.39 Å². The van der Waals surface area contributed by atoms with Crippen molar-refractivity contribution in [2.45, 2.75) is 12.8 Å². The third kappa shape index (κ3) is 4.28. The number of rotatable bonds is 4. The van der Waals surface area contributed by atoms with Crippen LogP contribution in [0.25, 0.3) is 0 Å². The molecule has 0 bridgehead atoms. The monoisotopic (exact) mass is 407 g/mol. The van der Waals surface area contributed by atoms with Gasteiger partial charge in [0.1, 0.15) is 5.82 Å². The Kier molecular flexibility index (Phi) is 5.77. The molecule has 1 amide bonds. The highest BCUT2D eigenvalue weighted by Gasteiger charge is 2.33. The van der Waals surface area contributed by atoms with E-state index in [-0.39, 0.29) is 18.1 Å². The van der Waals surface area contributed by atoms with Crippen LogP contribution in [-0.2, 0) is 15.0 Å². The molecule has 1 fully saturated rings. The summed E-state index contributed by atoms with van der Waals surface area (Å²) >= 11 is 3.15. The van der Waals surface area contributed by atoms with Crippen molar-refractivity contribution in [1.82, 2.24) is 8.61 Å². The number of carbonyl (C=O) groups excluding carboxylic acids is 1. The van der Waals surface area contributed by atoms with Gasteiger partial charge in [0.2, 0.25) is 5.91 Å². The van der Waals surface area contributed by atoms with E-state index in [9.17, 15) is 17.6 Å². The highest BCUT2D eigenvalue weighted by atomic mass is 79.9. The Hall–Kier alpha value is -1.03. The molecule has 128 valence electrons. The Balaban J connectivity index is 2.08. The Morgan fingerprint density at radius 3 is 2.74 bits per heavy atom. The summed E-state index contributed by atoms with van der Waals surface area (Å²) in [5, 5.41) is 2.54. The molecule has 0 unspecified atom stereocenters. The Bertz CT molecular complexity index is 697. The van der Waals surface area contributed by atoms with E-state index in [2.05, 4.69) is 21.2 Å². The van der Waals surface area contributed by atoms with Crippen molar-refractivity contribution in [2.24, 2.45) is 5.92 Å². The summed E-state index contributed by atoms with van der Waals surface area (Å²) in [6, 6.07) is 4.36. The van der Waals surface area contributed by atoms with Crippen molar-refractivity contribution in [2.75, 3.05) is 32.5 Å². The predicted molar refractivity (Wildman–Crippen MR) is 89.6 cm³/mol. The highest BCUT2D eigenvalue weighted by Crippen LogP contribution is 2.24. The summed E-state index contributed by atoms with van der Waals surface area (Å²) in [4.78, 5) is 12.3. The first-order chi connectivity index (χ1) is 10.7.